The fourth-order valence-corrected chi connectivity index (χ4v) is 3.30. The SMILES string of the molecule is O=C1/C(=C/c2csnn2)CSc2ccc(Cl)cc21. The summed E-state index contributed by atoms with van der Waals surface area (Å²) in [7, 11) is 0. The van der Waals surface area contributed by atoms with Crippen LogP contribution in [-0.2, 0) is 0 Å². The van der Waals surface area contributed by atoms with E-state index >= 15 is 0 Å². The summed E-state index contributed by atoms with van der Waals surface area (Å²) in [6.07, 6.45) is 1.79. The molecular weight excluding hydrogens is 288 g/mol. The van der Waals surface area contributed by atoms with E-state index in [-0.39, 0.29) is 5.78 Å². The molecule has 2 heterocycles. The van der Waals surface area contributed by atoms with Crippen LogP contribution in [0.25, 0.3) is 6.08 Å². The molecule has 0 atom stereocenters. The monoisotopic (exact) mass is 294 g/mol. The van der Waals surface area contributed by atoms with E-state index in [1.165, 1.54) is 11.5 Å². The molecule has 0 amide bonds. The number of benzene rings is 1. The Labute approximate surface area is 117 Å². The average Bonchev–Trinajstić information content (AvgIpc) is 2.86. The zero-order valence-electron chi connectivity index (χ0n) is 9.09. The largest absolute Gasteiger partial charge is 0.289 e. The first kappa shape index (κ1) is 11.9. The molecule has 6 heteroatoms. The molecule has 1 aliphatic heterocycles. The molecule has 0 N–H and O–H groups in total. The molecule has 0 radical (unpaired) electrons. The van der Waals surface area contributed by atoms with Gasteiger partial charge in [0.25, 0.3) is 0 Å². The average molecular weight is 295 g/mol. The third-order valence-electron chi connectivity index (χ3n) is 2.56. The van der Waals surface area contributed by atoms with Crippen molar-refractivity contribution in [1.82, 2.24) is 9.59 Å². The van der Waals surface area contributed by atoms with Gasteiger partial charge in [0.2, 0.25) is 0 Å². The van der Waals surface area contributed by atoms with E-state index in [2.05, 4.69) is 9.59 Å². The van der Waals surface area contributed by atoms with Crippen molar-refractivity contribution in [2.45, 2.75) is 4.90 Å². The molecule has 0 aliphatic carbocycles. The van der Waals surface area contributed by atoms with Gasteiger partial charge >= 0.3 is 0 Å². The van der Waals surface area contributed by atoms with E-state index in [0.717, 1.165) is 16.2 Å². The Hall–Kier alpha value is -1.17. The highest BCUT2D eigenvalue weighted by Crippen LogP contribution is 2.34. The van der Waals surface area contributed by atoms with Crippen molar-refractivity contribution >= 4 is 46.8 Å². The first-order chi connectivity index (χ1) is 8.74. The van der Waals surface area contributed by atoms with Gasteiger partial charge in [-0.2, -0.15) is 0 Å². The predicted molar refractivity (Wildman–Crippen MR) is 74.4 cm³/mol. The number of rotatable bonds is 1. The minimum atomic E-state index is 0.0271. The van der Waals surface area contributed by atoms with Gasteiger partial charge in [0, 0.05) is 32.2 Å². The quantitative estimate of drug-likeness (QED) is 0.754. The van der Waals surface area contributed by atoms with E-state index in [0.29, 0.717) is 16.3 Å². The maximum Gasteiger partial charge on any atom is 0.191 e. The molecule has 0 fully saturated rings. The lowest BCUT2D eigenvalue weighted by atomic mass is 10.0. The van der Waals surface area contributed by atoms with E-state index in [9.17, 15) is 4.79 Å². The van der Waals surface area contributed by atoms with Gasteiger partial charge in [0.1, 0.15) is 0 Å². The molecule has 18 heavy (non-hydrogen) atoms. The van der Waals surface area contributed by atoms with Crippen molar-refractivity contribution in [1.29, 1.82) is 0 Å². The van der Waals surface area contributed by atoms with E-state index in [4.69, 9.17) is 11.6 Å². The second-order valence-electron chi connectivity index (χ2n) is 3.76. The van der Waals surface area contributed by atoms with E-state index < -0.39 is 0 Å². The third-order valence-corrected chi connectivity index (χ3v) is 4.44. The van der Waals surface area contributed by atoms with E-state index in [1.807, 2.05) is 11.4 Å². The molecule has 1 aromatic heterocycles. The number of carbonyl (C=O) groups excluding carboxylic acids is 1. The maximum atomic E-state index is 12.3. The Morgan fingerprint density at radius 3 is 3.06 bits per heavy atom. The van der Waals surface area contributed by atoms with Gasteiger partial charge in [-0.25, -0.2) is 0 Å². The van der Waals surface area contributed by atoms with Crippen LogP contribution in [0, 0.1) is 0 Å². The molecule has 0 saturated carbocycles. The lowest BCUT2D eigenvalue weighted by Gasteiger charge is -2.16. The minimum Gasteiger partial charge on any atom is -0.289 e. The number of ketones is 1. The summed E-state index contributed by atoms with van der Waals surface area (Å²) in [4.78, 5) is 13.3. The Bertz CT molecular complexity index is 638. The van der Waals surface area contributed by atoms with Gasteiger partial charge in [-0.05, 0) is 35.8 Å². The van der Waals surface area contributed by atoms with Crippen molar-refractivity contribution in [2.24, 2.45) is 0 Å². The predicted octanol–water partition coefficient (Wildman–Crippen LogP) is 3.56. The van der Waals surface area contributed by atoms with Crippen LogP contribution < -0.4 is 0 Å². The number of thioether (sulfide) groups is 1. The van der Waals surface area contributed by atoms with Crippen LogP contribution >= 0.6 is 34.9 Å². The number of aromatic nitrogens is 2. The second-order valence-corrected chi connectivity index (χ2v) is 5.82. The lowest BCUT2D eigenvalue weighted by molar-refractivity contribution is 0.103. The Morgan fingerprint density at radius 1 is 1.39 bits per heavy atom. The smallest absolute Gasteiger partial charge is 0.191 e. The molecule has 2 aromatic rings. The fourth-order valence-electron chi connectivity index (χ4n) is 1.72. The molecule has 0 bridgehead atoms. The molecule has 1 aliphatic rings. The Morgan fingerprint density at radius 2 is 2.28 bits per heavy atom. The molecule has 1 aromatic carbocycles. The maximum absolute atomic E-state index is 12.3. The van der Waals surface area contributed by atoms with Gasteiger partial charge in [0.05, 0.1) is 5.69 Å². The lowest BCUT2D eigenvalue weighted by Crippen LogP contribution is -2.12. The van der Waals surface area contributed by atoms with Crippen molar-refractivity contribution in [3.05, 3.63) is 45.4 Å². The van der Waals surface area contributed by atoms with Crippen LogP contribution in [-0.4, -0.2) is 21.1 Å². The van der Waals surface area contributed by atoms with Crippen molar-refractivity contribution in [3.63, 3.8) is 0 Å². The number of carbonyl (C=O) groups is 1. The number of hydrogen-bond donors (Lipinski definition) is 0. The van der Waals surface area contributed by atoms with Crippen LogP contribution in [0.4, 0.5) is 0 Å². The summed E-state index contributed by atoms with van der Waals surface area (Å²) in [5, 5.41) is 6.32. The van der Waals surface area contributed by atoms with Crippen LogP contribution in [0.3, 0.4) is 0 Å². The summed E-state index contributed by atoms with van der Waals surface area (Å²) < 4.78 is 3.78. The van der Waals surface area contributed by atoms with Gasteiger partial charge < -0.3 is 0 Å². The highest BCUT2D eigenvalue weighted by atomic mass is 35.5. The number of hydrogen-bond acceptors (Lipinski definition) is 5. The van der Waals surface area contributed by atoms with Gasteiger partial charge in [-0.15, -0.1) is 16.9 Å². The normalized spacial score (nSPS) is 16.9. The molecule has 90 valence electrons. The van der Waals surface area contributed by atoms with Crippen molar-refractivity contribution < 1.29 is 4.79 Å². The zero-order chi connectivity index (χ0) is 12.5. The van der Waals surface area contributed by atoms with Crippen LogP contribution in [0.15, 0.2) is 34.0 Å². The molecule has 0 unspecified atom stereocenters. The summed E-state index contributed by atoms with van der Waals surface area (Å²) in [6.45, 7) is 0. The number of Topliss-reactive ketones (excluding diaryl/α,β-unsaturated/α-hetero) is 1. The molecule has 0 saturated heterocycles. The van der Waals surface area contributed by atoms with Crippen molar-refractivity contribution in [2.75, 3.05) is 5.75 Å². The molecule has 3 nitrogen and oxygen atoms in total. The van der Waals surface area contributed by atoms with Crippen LogP contribution in [0.1, 0.15) is 16.1 Å². The minimum absolute atomic E-state index is 0.0271. The van der Waals surface area contributed by atoms with Crippen molar-refractivity contribution in [3.8, 4) is 0 Å². The number of fused-ring (bicyclic) bond motifs is 1. The standard InChI is InChI=1S/C12H7ClN2OS2/c13-8-1-2-11-10(4-8)12(16)7(5-17-11)3-9-6-18-15-14-9/h1-4,6H,5H2/b7-3+. The van der Waals surface area contributed by atoms with E-state index in [1.54, 1.807) is 30.0 Å². The summed E-state index contributed by atoms with van der Waals surface area (Å²) in [5.74, 6) is 0.685. The number of nitrogens with zero attached hydrogens (tertiary/aromatic N) is 2. The van der Waals surface area contributed by atoms with Crippen LogP contribution in [0.5, 0.6) is 0 Å². The summed E-state index contributed by atoms with van der Waals surface area (Å²) >= 11 is 8.84. The highest BCUT2D eigenvalue weighted by Gasteiger charge is 2.22. The van der Waals surface area contributed by atoms with Gasteiger partial charge in [-0.1, -0.05) is 16.1 Å². The Balaban J connectivity index is 2.01. The summed E-state index contributed by atoms with van der Waals surface area (Å²) in [5.41, 5.74) is 2.14. The Kier molecular flexibility index (Phi) is 3.20. The fraction of sp³-hybridized carbons (Fsp3) is 0.0833. The first-order valence-corrected chi connectivity index (χ1v) is 7.39. The number of halogens is 1. The third kappa shape index (κ3) is 2.21. The van der Waals surface area contributed by atoms with Gasteiger partial charge in [0.15, 0.2) is 5.78 Å². The first-order valence-electron chi connectivity index (χ1n) is 5.19. The van der Waals surface area contributed by atoms with Gasteiger partial charge in [-0.3, -0.25) is 4.79 Å². The second kappa shape index (κ2) is 4.84. The molecule has 0 spiro atoms. The molecule has 3 rings (SSSR count). The molecular formula is C12H7ClN2OS2. The van der Waals surface area contributed by atoms with Crippen LogP contribution in [0.2, 0.25) is 5.02 Å². The highest BCUT2D eigenvalue weighted by molar-refractivity contribution is 7.99. The zero-order valence-corrected chi connectivity index (χ0v) is 11.5. The summed E-state index contributed by atoms with van der Waals surface area (Å²) in [6, 6.07) is 5.42. The topological polar surface area (TPSA) is 42.9 Å².